The molecule has 0 unspecified atom stereocenters. The van der Waals surface area contributed by atoms with Crippen LogP contribution in [0.3, 0.4) is 0 Å². The van der Waals surface area contributed by atoms with Gasteiger partial charge in [0.1, 0.15) is 17.2 Å². The third-order valence-corrected chi connectivity index (χ3v) is 4.64. The minimum atomic E-state index is -1.07. The van der Waals surface area contributed by atoms with Crippen LogP contribution < -0.4 is 11.0 Å². The zero-order valence-corrected chi connectivity index (χ0v) is 15.5. The number of aromatic nitrogens is 2. The first-order valence-corrected chi connectivity index (χ1v) is 8.86. The summed E-state index contributed by atoms with van der Waals surface area (Å²) in [7, 11) is 1.66. The van der Waals surface area contributed by atoms with Gasteiger partial charge in [-0.1, -0.05) is 18.2 Å². The largest absolute Gasteiger partial charge is 0.389 e. The van der Waals surface area contributed by atoms with Crippen molar-refractivity contribution in [2.75, 3.05) is 13.6 Å². The van der Waals surface area contributed by atoms with Gasteiger partial charge in [-0.05, 0) is 50.7 Å². The van der Waals surface area contributed by atoms with Gasteiger partial charge in [0.15, 0.2) is 0 Å². The number of nitrogens with zero attached hydrogens (tertiary/aromatic N) is 2. The maximum Gasteiger partial charge on any atom is 0.330 e. The first-order chi connectivity index (χ1) is 12.9. The molecule has 144 valence electrons. The van der Waals surface area contributed by atoms with E-state index in [1.165, 1.54) is 33.4 Å². The Hall–Kier alpha value is -2.51. The Morgan fingerprint density at radius 3 is 2.44 bits per heavy atom. The number of hydrogen-bond donors (Lipinski definition) is 2. The Balaban J connectivity index is 2.37. The van der Waals surface area contributed by atoms with Gasteiger partial charge in [-0.25, -0.2) is 13.6 Å². The summed E-state index contributed by atoms with van der Waals surface area (Å²) < 4.78 is 31.3. The van der Waals surface area contributed by atoms with Gasteiger partial charge < -0.3 is 10.4 Å². The summed E-state index contributed by atoms with van der Waals surface area (Å²) in [6.07, 6.45) is -1.07. The monoisotopic (exact) mass is 375 g/mol. The summed E-state index contributed by atoms with van der Waals surface area (Å²) in [5.41, 5.74) is 0.481. The number of imidazole rings is 1. The predicted molar refractivity (Wildman–Crippen MR) is 101 cm³/mol. The molecule has 0 aliphatic heterocycles. The average molecular weight is 375 g/mol. The number of halogens is 2. The number of hydrogen-bond acceptors (Lipinski definition) is 3. The van der Waals surface area contributed by atoms with E-state index in [0.717, 1.165) is 0 Å². The summed E-state index contributed by atoms with van der Waals surface area (Å²) in [4.78, 5) is 13.2. The molecule has 0 fully saturated rings. The second-order valence-corrected chi connectivity index (χ2v) is 6.85. The van der Waals surface area contributed by atoms with Crippen molar-refractivity contribution in [1.29, 1.82) is 0 Å². The van der Waals surface area contributed by atoms with E-state index >= 15 is 0 Å². The molecule has 0 spiro atoms. The molecular weight excluding hydrogens is 352 g/mol. The normalized spacial score (nSPS) is 14.0. The molecule has 3 aromatic rings. The van der Waals surface area contributed by atoms with Crippen LogP contribution in [0.4, 0.5) is 8.78 Å². The number of nitrogens with one attached hydrogen (secondary N) is 1. The van der Waals surface area contributed by atoms with Crippen molar-refractivity contribution in [3.8, 4) is 0 Å². The lowest BCUT2D eigenvalue weighted by Crippen LogP contribution is -2.39. The molecule has 2 N–H and O–H groups in total. The lowest BCUT2D eigenvalue weighted by molar-refractivity contribution is 0.130. The lowest BCUT2D eigenvalue weighted by atomic mass is 10.0. The quantitative estimate of drug-likeness (QED) is 0.697. The van der Waals surface area contributed by atoms with Gasteiger partial charge in [-0.15, -0.1) is 0 Å². The molecule has 0 saturated heterocycles. The van der Waals surface area contributed by atoms with E-state index in [1.54, 1.807) is 25.2 Å². The van der Waals surface area contributed by atoms with Crippen LogP contribution in [0.2, 0.25) is 0 Å². The van der Waals surface area contributed by atoms with Crippen LogP contribution in [0.15, 0.2) is 47.3 Å². The number of aliphatic hydroxyl groups excluding tert-OH is 1. The highest BCUT2D eigenvalue weighted by atomic mass is 19.1. The number of para-hydroxylation sites is 1. The fourth-order valence-electron chi connectivity index (χ4n) is 3.56. The maximum absolute atomic E-state index is 14.8. The number of aliphatic hydroxyl groups is 1. The topological polar surface area (TPSA) is 59.2 Å². The van der Waals surface area contributed by atoms with Crippen molar-refractivity contribution in [2.45, 2.75) is 32.0 Å². The molecule has 0 amide bonds. The van der Waals surface area contributed by atoms with E-state index in [0.29, 0.717) is 11.1 Å². The Morgan fingerprint density at radius 2 is 1.81 bits per heavy atom. The van der Waals surface area contributed by atoms with Crippen LogP contribution >= 0.6 is 0 Å². The van der Waals surface area contributed by atoms with Gasteiger partial charge in [0, 0.05) is 12.6 Å². The standard InChI is InChI=1S/C20H23F2N3O2/c1-12(2)24-16-9-5-8-15(22)19(16)25(20(24)27)18(17(26)11-23-3)13-6-4-7-14(21)10-13/h4-10,12,17-18,23,26H,11H2,1-3H3/t17-,18-/m0/s1. The van der Waals surface area contributed by atoms with Crippen LogP contribution in [-0.4, -0.2) is 33.9 Å². The van der Waals surface area contributed by atoms with Gasteiger partial charge in [0.2, 0.25) is 0 Å². The summed E-state index contributed by atoms with van der Waals surface area (Å²) >= 11 is 0. The van der Waals surface area contributed by atoms with Crippen molar-refractivity contribution in [2.24, 2.45) is 0 Å². The molecule has 0 aliphatic rings. The molecule has 27 heavy (non-hydrogen) atoms. The van der Waals surface area contributed by atoms with Crippen molar-refractivity contribution in [3.63, 3.8) is 0 Å². The fourth-order valence-corrected chi connectivity index (χ4v) is 3.56. The second-order valence-electron chi connectivity index (χ2n) is 6.85. The molecular formula is C20H23F2N3O2. The lowest BCUT2D eigenvalue weighted by Gasteiger charge is -2.25. The molecule has 1 aromatic heterocycles. The Labute approximate surface area is 155 Å². The Kier molecular flexibility index (Phi) is 5.43. The highest BCUT2D eigenvalue weighted by Crippen LogP contribution is 2.29. The van der Waals surface area contributed by atoms with Crippen molar-refractivity contribution in [1.82, 2.24) is 14.5 Å². The predicted octanol–water partition coefficient (Wildman–Crippen LogP) is 2.83. The average Bonchev–Trinajstić information content (AvgIpc) is 2.89. The van der Waals surface area contributed by atoms with Crippen LogP contribution in [0.5, 0.6) is 0 Å². The summed E-state index contributed by atoms with van der Waals surface area (Å²) in [6.45, 7) is 3.81. The van der Waals surface area contributed by atoms with Gasteiger partial charge in [0.05, 0.1) is 17.7 Å². The van der Waals surface area contributed by atoms with Crippen LogP contribution in [-0.2, 0) is 0 Å². The summed E-state index contributed by atoms with van der Waals surface area (Å²) in [5.74, 6) is -1.06. The van der Waals surface area contributed by atoms with E-state index in [1.807, 2.05) is 13.8 Å². The zero-order valence-electron chi connectivity index (χ0n) is 15.5. The highest BCUT2D eigenvalue weighted by Gasteiger charge is 2.30. The van der Waals surface area contributed by atoms with Gasteiger partial charge in [-0.3, -0.25) is 9.13 Å². The smallest absolute Gasteiger partial charge is 0.330 e. The number of fused-ring (bicyclic) bond motifs is 1. The zero-order chi connectivity index (χ0) is 19.7. The maximum atomic E-state index is 14.8. The number of benzene rings is 2. The van der Waals surface area contributed by atoms with Crippen LogP contribution in [0.25, 0.3) is 11.0 Å². The van der Waals surface area contributed by atoms with Gasteiger partial charge >= 0.3 is 5.69 Å². The fraction of sp³-hybridized carbons (Fsp3) is 0.350. The van der Waals surface area contributed by atoms with Crippen molar-refractivity contribution < 1.29 is 13.9 Å². The first kappa shape index (κ1) is 19.3. The minimum absolute atomic E-state index is 0.0978. The van der Waals surface area contributed by atoms with Crippen LogP contribution in [0, 0.1) is 11.6 Å². The molecule has 7 heteroatoms. The molecule has 1 heterocycles. The summed E-state index contributed by atoms with van der Waals surface area (Å²) in [5, 5.41) is 13.6. The Bertz CT molecular complexity index is 1010. The van der Waals surface area contributed by atoms with E-state index in [2.05, 4.69) is 5.32 Å². The molecule has 0 radical (unpaired) electrons. The van der Waals surface area contributed by atoms with E-state index in [9.17, 15) is 18.7 Å². The number of rotatable bonds is 6. The van der Waals surface area contributed by atoms with Crippen molar-refractivity contribution in [3.05, 3.63) is 70.1 Å². The van der Waals surface area contributed by atoms with E-state index in [4.69, 9.17) is 0 Å². The second kappa shape index (κ2) is 7.62. The molecule has 0 bridgehead atoms. The molecule has 0 saturated carbocycles. The van der Waals surface area contributed by atoms with E-state index in [-0.39, 0.29) is 18.1 Å². The SMILES string of the molecule is CNC[C@H](O)[C@H](c1cccc(F)c1)n1c(=O)n(C(C)C)c2cccc(F)c21. The van der Waals surface area contributed by atoms with Crippen molar-refractivity contribution >= 4 is 11.0 Å². The molecule has 3 rings (SSSR count). The van der Waals surface area contributed by atoms with E-state index < -0.39 is 29.5 Å². The first-order valence-electron chi connectivity index (χ1n) is 8.86. The minimum Gasteiger partial charge on any atom is -0.389 e. The third-order valence-electron chi connectivity index (χ3n) is 4.64. The summed E-state index contributed by atoms with van der Waals surface area (Å²) in [6, 6.07) is 9.01. The van der Waals surface area contributed by atoms with Crippen LogP contribution in [0.1, 0.15) is 31.5 Å². The number of likely N-dealkylation sites (N-methyl/N-ethyl adjacent to an activating group) is 1. The molecule has 0 aliphatic carbocycles. The third kappa shape index (κ3) is 3.40. The Morgan fingerprint density at radius 1 is 1.11 bits per heavy atom. The van der Waals surface area contributed by atoms with Gasteiger partial charge in [-0.2, -0.15) is 0 Å². The molecule has 5 nitrogen and oxygen atoms in total. The van der Waals surface area contributed by atoms with Gasteiger partial charge in [0.25, 0.3) is 0 Å². The molecule has 2 atom stereocenters. The molecule has 2 aromatic carbocycles. The highest BCUT2D eigenvalue weighted by molar-refractivity contribution is 5.77.